The number of hydrogen-bond donors (Lipinski definition) is 1. The molecule has 1 aliphatic rings. The van der Waals surface area contributed by atoms with E-state index in [0.29, 0.717) is 22.9 Å². The topological polar surface area (TPSA) is 75.9 Å². The quantitative estimate of drug-likeness (QED) is 0.926. The zero-order valence-electron chi connectivity index (χ0n) is 13.0. The van der Waals surface area contributed by atoms with E-state index in [1.54, 1.807) is 16.9 Å². The second-order valence-corrected chi connectivity index (χ2v) is 5.97. The molecule has 1 fully saturated rings. The highest BCUT2D eigenvalue weighted by molar-refractivity contribution is 6.33. The third-order valence-electron chi connectivity index (χ3n) is 3.95. The fourth-order valence-electron chi connectivity index (χ4n) is 2.61. The molecule has 0 unspecified atom stereocenters. The lowest BCUT2D eigenvalue weighted by atomic mass is 10.1. The fourth-order valence-corrected chi connectivity index (χ4v) is 2.84. The Morgan fingerprint density at radius 1 is 1.30 bits per heavy atom. The standard InChI is InChI=1S/C15H19ClN6O/c1-21-13(19-10-20-21)9-18-14-12(16)7-11(8-17-14)15(23)22-5-3-2-4-6-22/h7-8,10H,2-6,9H2,1H3,(H,17,18). The molecule has 2 aromatic heterocycles. The number of likely N-dealkylation sites (tertiary alicyclic amines) is 1. The van der Waals surface area contributed by atoms with Crippen molar-refractivity contribution in [3.8, 4) is 0 Å². The Labute approximate surface area is 139 Å². The summed E-state index contributed by atoms with van der Waals surface area (Å²) in [5, 5.41) is 7.54. The first-order chi connectivity index (χ1) is 11.1. The van der Waals surface area contributed by atoms with Crippen LogP contribution in [0.4, 0.5) is 5.82 Å². The van der Waals surface area contributed by atoms with Crippen LogP contribution in [0, 0.1) is 0 Å². The van der Waals surface area contributed by atoms with Gasteiger partial charge in [-0.3, -0.25) is 9.48 Å². The van der Waals surface area contributed by atoms with E-state index in [4.69, 9.17) is 11.6 Å². The number of anilines is 1. The molecular weight excluding hydrogens is 316 g/mol. The minimum atomic E-state index is -0.000971. The summed E-state index contributed by atoms with van der Waals surface area (Å²) in [5.41, 5.74) is 0.529. The highest BCUT2D eigenvalue weighted by atomic mass is 35.5. The van der Waals surface area contributed by atoms with E-state index in [0.717, 1.165) is 31.8 Å². The molecular formula is C15H19ClN6O. The molecule has 23 heavy (non-hydrogen) atoms. The number of aryl methyl sites for hydroxylation is 1. The number of piperidine rings is 1. The van der Waals surface area contributed by atoms with Crippen LogP contribution >= 0.6 is 11.6 Å². The molecule has 7 nitrogen and oxygen atoms in total. The number of amides is 1. The molecule has 0 bridgehead atoms. The van der Waals surface area contributed by atoms with Crippen LogP contribution in [0.25, 0.3) is 0 Å². The molecule has 0 radical (unpaired) electrons. The van der Waals surface area contributed by atoms with Gasteiger partial charge in [0.05, 0.1) is 17.1 Å². The minimum absolute atomic E-state index is 0.000971. The summed E-state index contributed by atoms with van der Waals surface area (Å²) in [6.45, 7) is 2.08. The van der Waals surface area contributed by atoms with Crippen molar-refractivity contribution in [2.45, 2.75) is 25.8 Å². The van der Waals surface area contributed by atoms with Crippen molar-refractivity contribution < 1.29 is 4.79 Å². The van der Waals surface area contributed by atoms with Crippen LogP contribution in [0.5, 0.6) is 0 Å². The lowest BCUT2D eigenvalue weighted by molar-refractivity contribution is 0.0724. The van der Waals surface area contributed by atoms with Gasteiger partial charge >= 0.3 is 0 Å². The molecule has 3 rings (SSSR count). The molecule has 0 atom stereocenters. The van der Waals surface area contributed by atoms with Gasteiger partial charge in [-0.2, -0.15) is 5.10 Å². The number of carbonyl (C=O) groups is 1. The molecule has 2 aromatic rings. The molecule has 122 valence electrons. The van der Waals surface area contributed by atoms with Crippen molar-refractivity contribution >= 4 is 23.3 Å². The van der Waals surface area contributed by atoms with Gasteiger partial charge in [-0.15, -0.1) is 0 Å². The number of nitrogens with zero attached hydrogens (tertiary/aromatic N) is 5. The molecule has 1 amide bonds. The number of pyridine rings is 1. The Bertz CT molecular complexity index is 695. The molecule has 0 spiro atoms. The number of carbonyl (C=O) groups excluding carboxylic acids is 1. The van der Waals surface area contributed by atoms with Crippen molar-refractivity contribution in [3.63, 3.8) is 0 Å². The monoisotopic (exact) mass is 334 g/mol. The first-order valence-corrected chi connectivity index (χ1v) is 8.04. The smallest absolute Gasteiger partial charge is 0.255 e. The maximum absolute atomic E-state index is 12.4. The Morgan fingerprint density at radius 2 is 2.09 bits per heavy atom. The van der Waals surface area contributed by atoms with Gasteiger partial charge in [0.15, 0.2) is 0 Å². The SMILES string of the molecule is Cn1ncnc1CNc1ncc(C(=O)N2CCCCC2)cc1Cl. The summed E-state index contributed by atoms with van der Waals surface area (Å²) >= 11 is 6.25. The summed E-state index contributed by atoms with van der Waals surface area (Å²) in [6, 6.07) is 1.67. The number of hydrogen-bond acceptors (Lipinski definition) is 5. The molecule has 1 N–H and O–H groups in total. The third-order valence-corrected chi connectivity index (χ3v) is 4.24. The van der Waals surface area contributed by atoms with E-state index < -0.39 is 0 Å². The molecule has 0 aromatic carbocycles. The zero-order chi connectivity index (χ0) is 16.2. The van der Waals surface area contributed by atoms with Crippen LogP contribution in [-0.4, -0.2) is 43.6 Å². The summed E-state index contributed by atoms with van der Waals surface area (Å²) in [6.07, 6.45) is 6.37. The van der Waals surface area contributed by atoms with E-state index in [9.17, 15) is 4.79 Å². The molecule has 8 heteroatoms. The maximum Gasteiger partial charge on any atom is 0.255 e. The summed E-state index contributed by atoms with van der Waals surface area (Å²) in [4.78, 5) is 22.7. The number of rotatable bonds is 4. The van der Waals surface area contributed by atoms with Gasteiger partial charge in [-0.05, 0) is 25.3 Å². The Morgan fingerprint density at radius 3 is 2.74 bits per heavy atom. The fraction of sp³-hybridized carbons (Fsp3) is 0.467. The average Bonchev–Trinajstić information content (AvgIpc) is 2.99. The Balaban J connectivity index is 1.67. The number of nitrogens with one attached hydrogen (secondary N) is 1. The molecule has 3 heterocycles. The lowest BCUT2D eigenvalue weighted by Gasteiger charge is -2.26. The second-order valence-electron chi connectivity index (χ2n) is 5.56. The first kappa shape index (κ1) is 15.7. The number of aromatic nitrogens is 4. The van der Waals surface area contributed by atoms with Crippen LogP contribution in [0.15, 0.2) is 18.6 Å². The highest BCUT2D eigenvalue weighted by Crippen LogP contribution is 2.22. The van der Waals surface area contributed by atoms with Crippen molar-refractivity contribution in [1.82, 2.24) is 24.6 Å². The van der Waals surface area contributed by atoms with E-state index in [1.807, 2.05) is 11.9 Å². The number of halogens is 1. The van der Waals surface area contributed by atoms with E-state index in [2.05, 4.69) is 20.4 Å². The zero-order valence-corrected chi connectivity index (χ0v) is 13.8. The predicted octanol–water partition coefficient (Wildman–Crippen LogP) is 2.10. The average molecular weight is 335 g/mol. The maximum atomic E-state index is 12.4. The van der Waals surface area contributed by atoms with Gasteiger partial charge in [-0.25, -0.2) is 9.97 Å². The molecule has 1 saturated heterocycles. The van der Waals surface area contributed by atoms with Gasteiger partial charge in [0.1, 0.15) is 18.0 Å². The van der Waals surface area contributed by atoms with Crippen LogP contribution in [0.1, 0.15) is 35.4 Å². The Hall–Kier alpha value is -2.15. The van der Waals surface area contributed by atoms with Crippen LogP contribution < -0.4 is 5.32 Å². The highest BCUT2D eigenvalue weighted by Gasteiger charge is 2.19. The molecule has 0 saturated carbocycles. The van der Waals surface area contributed by atoms with Crippen molar-refractivity contribution in [2.75, 3.05) is 18.4 Å². The third kappa shape index (κ3) is 3.61. The van der Waals surface area contributed by atoms with Gasteiger partial charge in [0.25, 0.3) is 5.91 Å². The van der Waals surface area contributed by atoms with Crippen molar-refractivity contribution in [3.05, 3.63) is 35.0 Å². The first-order valence-electron chi connectivity index (χ1n) is 7.66. The minimum Gasteiger partial charge on any atom is -0.362 e. The summed E-state index contributed by atoms with van der Waals surface area (Å²) < 4.78 is 1.68. The second kappa shape index (κ2) is 6.95. The largest absolute Gasteiger partial charge is 0.362 e. The van der Waals surface area contributed by atoms with E-state index in [1.165, 1.54) is 12.7 Å². The van der Waals surface area contributed by atoms with Crippen molar-refractivity contribution in [1.29, 1.82) is 0 Å². The van der Waals surface area contributed by atoms with E-state index in [-0.39, 0.29) is 5.91 Å². The Kier molecular flexibility index (Phi) is 4.76. The van der Waals surface area contributed by atoms with Gasteiger partial charge < -0.3 is 10.2 Å². The van der Waals surface area contributed by atoms with Crippen LogP contribution in [-0.2, 0) is 13.6 Å². The molecule has 0 aliphatic carbocycles. The predicted molar refractivity (Wildman–Crippen MR) is 87.3 cm³/mol. The normalized spacial score (nSPS) is 14.8. The summed E-state index contributed by atoms with van der Waals surface area (Å²) in [5.74, 6) is 1.31. The van der Waals surface area contributed by atoms with E-state index >= 15 is 0 Å². The van der Waals surface area contributed by atoms with Gasteiger partial charge in [0.2, 0.25) is 0 Å². The lowest BCUT2D eigenvalue weighted by Crippen LogP contribution is -2.35. The van der Waals surface area contributed by atoms with Gasteiger partial charge in [0, 0.05) is 26.3 Å². The van der Waals surface area contributed by atoms with Crippen LogP contribution in [0.2, 0.25) is 5.02 Å². The van der Waals surface area contributed by atoms with Gasteiger partial charge in [-0.1, -0.05) is 11.6 Å². The summed E-state index contributed by atoms with van der Waals surface area (Å²) in [7, 11) is 1.82. The van der Waals surface area contributed by atoms with Crippen molar-refractivity contribution in [2.24, 2.45) is 7.05 Å². The molecule has 1 aliphatic heterocycles. The van der Waals surface area contributed by atoms with Crippen LogP contribution in [0.3, 0.4) is 0 Å².